The van der Waals surface area contributed by atoms with Crippen LogP contribution in [0.25, 0.3) is 5.78 Å². The number of H-pyrrole nitrogens is 1. The minimum atomic E-state index is -0.530. The van der Waals surface area contributed by atoms with Gasteiger partial charge in [0.25, 0.3) is 11.5 Å². The van der Waals surface area contributed by atoms with Crippen molar-refractivity contribution in [1.29, 1.82) is 0 Å². The number of hydrogen-bond acceptors (Lipinski definition) is 6. The van der Waals surface area contributed by atoms with E-state index in [1.54, 1.807) is 25.1 Å². The van der Waals surface area contributed by atoms with Crippen LogP contribution in [0.15, 0.2) is 29.1 Å². The fourth-order valence-electron chi connectivity index (χ4n) is 2.26. The van der Waals surface area contributed by atoms with Crippen molar-refractivity contribution >= 4 is 17.4 Å². The Morgan fingerprint density at radius 3 is 3.00 bits per heavy atom. The first-order valence-corrected chi connectivity index (χ1v) is 6.78. The Morgan fingerprint density at radius 2 is 2.13 bits per heavy atom. The minimum absolute atomic E-state index is 0.110. The van der Waals surface area contributed by atoms with E-state index >= 15 is 0 Å². The molecule has 9 heteroatoms. The number of anilines is 1. The van der Waals surface area contributed by atoms with E-state index in [1.807, 2.05) is 0 Å². The molecule has 0 bridgehead atoms. The number of aromatic nitrogens is 4. The monoisotopic (exact) mass is 313 g/mol. The first kappa shape index (κ1) is 13.3. The highest BCUT2D eigenvalue weighted by Gasteiger charge is 2.17. The van der Waals surface area contributed by atoms with Gasteiger partial charge in [-0.15, -0.1) is 5.10 Å². The van der Waals surface area contributed by atoms with Crippen molar-refractivity contribution in [3.63, 3.8) is 0 Å². The van der Waals surface area contributed by atoms with Gasteiger partial charge in [-0.3, -0.25) is 9.59 Å². The van der Waals surface area contributed by atoms with Gasteiger partial charge in [-0.25, -0.2) is 0 Å². The van der Waals surface area contributed by atoms with Crippen LogP contribution in [-0.4, -0.2) is 32.3 Å². The molecule has 2 aromatic heterocycles. The molecule has 4 rings (SSSR count). The van der Waals surface area contributed by atoms with Gasteiger partial charge < -0.3 is 19.8 Å². The molecule has 1 amide bonds. The largest absolute Gasteiger partial charge is 0.454 e. The van der Waals surface area contributed by atoms with Crippen LogP contribution in [0.4, 0.5) is 5.69 Å². The molecule has 0 saturated heterocycles. The van der Waals surface area contributed by atoms with Crippen LogP contribution in [0, 0.1) is 6.92 Å². The third kappa shape index (κ3) is 2.27. The summed E-state index contributed by atoms with van der Waals surface area (Å²) in [5.41, 5.74) is 0.795. The van der Waals surface area contributed by atoms with E-state index in [4.69, 9.17) is 9.47 Å². The van der Waals surface area contributed by atoms with Crippen LogP contribution in [0.2, 0.25) is 0 Å². The van der Waals surface area contributed by atoms with Crippen molar-refractivity contribution in [2.45, 2.75) is 6.92 Å². The van der Waals surface area contributed by atoms with Gasteiger partial charge in [0.05, 0.1) is 0 Å². The Balaban J connectivity index is 1.64. The van der Waals surface area contributed by atoms with Crippen LogP contribution in [0.3, 0.4) is 0 Å². The number of carbonyl (C=O) groups is 1. The van der Waals surface area contributed by atoms with Gasteiger partial charge in [0.2, 0.25) is 18.4 Å². The van der Waals surface area contributed by atoms with Gasteiger partial charge >= 0.3 is 0 Å². The standard InChI is InChI=1S/C14H11N5O4/c1-7-4-11(20)19-14(15-7)17-12(18-19)13(21)16-8-2-3-9-10(5-8)23-6-22-9/h2-5H,6H2,1H3,(H,16,21)(H,15,17,18). The molecule has 1 aliphatic rings. The molecule has 3 heterocycles. The first-order chi connectivity index (χ1) is 11.1. The third-order valence-corrected chi connectivity index (χ3v) is 3.30. The average molecular weight is 313 g/mol. The molecule has 0 unspecified atom stereocenters. The Bertz CT molecular complexity index is 990. The highest BCUT2D eigenvalue weighted by molar-refractivity contribution is 6.01. The molecule has 1 aliphatic heterocycles. The molecule has 9 nitrogen and oxygen atoms in total. The molecule has 116 valence electrons. The van der Waals surface area contributed by atoms with Crippen molar-refractivity contribution in [1.82, 2.24) is 19.6 Å². The van der Waals surface area contributed by atoms with Gasteiger partial charge in [-0.2, -0.15) is 9.50 Å². The number of nitrogens with one attached hydrogen (secondary N) is 2. The summed E-state index contributed by atoms with van der Waals surface area (Å²) in [6.45, 7) is 1.88. The number of carbonyl (C=O) groups excluding carboxylic acids is 1. The lowest BCUT2D eigenvalue weighted by atomic mass is 10.3. The SMILES string of the molecule is Cc1cc(=O)n2nc(C(=O)Nc3ccc4c(c3)OCO4)nc2[nH]1. The van der Waals surface area contributed by atoms with E-state index in [9.17, 15) is 9.59 Å². The minimum Gasteiger partial charge on any atom is -0.454 e. The maximum absolute atomic E-state index is 12.2. The molecule has 0 spiro atoms. The number of aryl methyl sites for hydroxylation is 1. The lowest BCUT2D eigenvalue weighted by Crippen LogP contribution is -2.16. The molecular formula is C14H11N5O4. The second kappa shape index (κ2) is 4.83. The van der Waals surface area contributed by atoms with Crippen molar-refractivity contribution in [3.05, 3.63) is 46.1 Å². The van der Waals surface area contributed by atoms with E-state index in [1.165, 1.54) is 6.07 Å². The van der Waals surface area contributed by atoms with Crippen LogP contribution < -0.4 is 20.3 Å². The van der Waals surface area contributed by atoms with E-state index in [2.05, 4.69) is 20.4 Å². The Morgan fingerprint density at radius 1 is 1.30 bits per heavy atom. The number of fused-ring (bicyclic) bond motifs is 2. The van der Waals surface area contributed by atoms with E-state index in [-0.39, 0.29) is 24.0 Å². The summed E-state index contributed by atoms with van der Waals surface area (Å²) in [5, 5.41) is 6.57. The van der Waals surface area contributed by atoms with Crippen molar-refractivity contribution in [3.8, 4) is 11.5 Å². The number of hydrogen-bond donors (Lipinski definition) is 2. The normalized spacial score (nSPS) is 12.6. The molecular weight excluding hydrogens is 302 g/mol. The molecule has 0 saturated carbocycles. The molecule has 0 fully saturated rings. The number of ether oxygens (including phenoxy) is 2. The Labute approximate surface area is 128 Å². The zero-order valence-electron chi connectivity index (χ0n) is 12.0. The second-order valence-electron chi connectivity index (χ2n) is 4.98. The maximum atomic E-state index is 12.2. The topological polar surface area (TPSA) is 111 Å². The van der Waals surface area contributed by atoms with Gasteiger partial charge in [0.1, 0.15) is 0 Å². The Kier molecular flexibility index (Phi) is 2.80. The molecule has 23 heavy (non-hydrogen) atoms. The number of amides is 1. The maximum Gasteiger partial charge on any atom is 0.295 e. The van der Waals surface area contributed by atoms with Crippen molar-refractivity contribution < 1.29 is 14.3 Å². The van der Waals surface area contributed by atoms with Crippen LogP contribution in [0.1, 0.15) is 16.3 Å². The lowest BCUT2D eigenvalue weighted by Gasteiger charge is -2.03. The average Bonchev–Trinajstić information content (AvgIpc) is 3.12. The number of rotatable bonds is 2. The summed E-state index contributed by atoms with van der Waals surface area (Å²) in [6, 6.07) is 6.39. The molecule has 0 atom stereocenters. The Hall–Kier alpha value is -3.36. The zero-order valence-corrected chi connectivity index (χ0v) is 12.0. The highest BCUT2D eigenvalue weighted by Crippen LogP contribution is 2.34. The van der Waals surface area contributed by atoms with Crippen LogP contribution >= 0.6 is 0 Å². The third-order valence-electron chi connectivity index (χ3n) is 3.30. The predicted molar refractivity (Wildman–Crippen MR) is 78.9 cm³/mol. The van der Waals surface area contributed by atoms with E-state index < -0.39 is 5.91 Å². The molecule has 0 radical (unpaired) electrons. The van der Waals surface area contributed by atoms with Gasteiger partial charge in [0, 0.05) is 23.5 Å². The number of benzene rings is 1. The summed E-state index contributed by atoms with van der Waals surface area (Å²) in [5.74, 6) is 0.747. The van der Waals surface area contributed by atoms with Crippen molar-refractivity contribution in [2.75, 3.05) is 12.1 Å². The summed E-state index contributed by atoms with van der Waals surface area (Å²) in [6.07, 6.45) is 0. The van der Waals surface area contributed by atoms with Gasteiger partial charge in [-0.05, 0) is 19.1 Å². The number of aromatic amines is 1. The summed E-state index contributed by atoms with van der Waals surface area (Å²) >= 11 is 0. The summed E-state index contributed by atoms with van der Waals surface area (Å²) in [4.78, 5) is 31.0. The first-order valence-electron chi connectivity index (χ1n) is 6.78. The summed E-state index contributed by atoms with van der Waals surface area (Å²) in [7, 11) is 0. The highest BCUT2D eigenvalue weighted by atomic mass is 16.7. The van der Waals surface area contributed by atoms with Crippen LogP contribution in [-0.2, 0) is 0 Å². The summed E-state index contributed by atoms with van der Waals surface area (Å²) < 4.78 is 11.5. The number of nitrogens with zero attached hydrogens (tertiary/aromatic N) is 3. The second-order valence-corrected chi connectivity index (χ2v) is 4.98. The molecule has 1 aromatic carbocycles. The smallest absolute Gasteiger partial charge is 0.295 e. The van der Waals surface area contributed by atoms with E-state index in [0.717, 1.165) is 4.52 Å². The fourth-order valence-corrected chi connectivity index (χ4v) is 2.26. The lowest BCUT2D eigenvalue weighted by molar-refractivity contribution is 0.101. The molecule has 0 aliphatic carbocycles. The van der Waals surface area contributed by atoms with E-state index in [0.29, 0.717) is 22.9 Å². The van der Waals surface area contributed by atoms with Gasteiger partial charge in [0.15, 0.2) is 11.5 Å². The quantitative estimate of drug-likeness (QED) is 0.721. The fraction of sp³-hybridized carbons (Fsp3) is 0.143. The molecule has 2 N–H and O–H groups in total. The van der Waals surface area contributed by atoms with Gasteiger partial charge in [-0.1, -0.05) is 0 Å². The van der Waals surface area contributed by atoms with Crippen LogP contribution in [0.5, 0.6) is 11.5 Å². The zero-order chi connectivity index (χ0) is 16.0. The predicted octanol–water partition coefficient (Wildman–Crippen LogP) is 0.707. The van der Waals surface area contributed by atoms with Crippen molar-refractivity contribution in [2.24, 2.45) is 0 Å². The molecule has 3 aromatic rings.